The molecule has 0 aliphatic carbocycles. The van der Waals surface area contributed by atoms with Crippen molar-refractivity contribution >= 4 is 0 Å². The minimum Gasteiger partial charge on any atom is -0.432 e. The highest BCUT2D eigenvalue weighted by atomic mass is 19.3. The van der Waals surface area contributed by atoms with E-state index in [1.54, 1.807) is 0 Å². The highest BCUT2D eigenvalue weighted by Gasteiger charge is 2.21. The van der Waals surface area contributed by atoms with Gasteiger partial charge in [0.1, 0.15) is 0 Å². The molecule has 0 aromatic heterocycles. The first-order valence-corrected chi connectivity index (χ1v) is 6.49. The normalized spacial score (nSPS) is 14.3. The molecule has 0 bridgehead atoms. The number of halogens is 3. The summed E-state index contributed by atoms with van der Waals surface area (Å²) in [7, 11) is 0. The number of nitrogens with one attached hydrogen (secondary N) is 1. The van der Waals surface area contributed by atoms with Crippen LogP contribution in [0.1, 0.15) is 32.3 Å². The maximum atomic E-state index is 13.5. The summed E-state index contributed by atoms with van der Waals surface area (Å²) >= 11 is 0. The van der Waals surface area contributed by atoms with E-state index in [1.807, 2.05) is 13.8 Å². The highest BCUT2D eigenvalue weighted by Crippen LogP contribution is 2.21. The number of ether oxygens (including phenoxy) is 1. The van der Waals surface area contributed by atoms with Crippen molar-refractivity contribution in [3.63, 3.8) is 0 Å². The van der Waals surface area contributed by atoms with Gasteiger partial charge in [0.25, 0.3) is 0 Å². The van der Waals surface area contributed by atoms with Crippen LogP contribution in [0.4, 0.5) is 13.2 Å². The standard InChI is InChI=1S/C14H20F3NO2/c1-3-6-14(2,9-19)18-8-10-4-5-12(11(15)7-10)20-13(16)17/h4-5,7,13,18-19H,3,6,8-9H2,1-2H3. The van der Waals surface area contributed by atoms with Crippen LogP contribution < -0.4 is 10.1 Å². The van der Waals surface area contributed by atoms with Crippen molar-refractivity contribution in [3.05, 3.63) is 29.6 Å². The summed E-state index contributed by atoms with van der Waals surface area (Å²) in [6, 6.07) is 3.83. The van der Waals surface area contributed by atoms with E-state index in [0.717, 1.165) is 18.9 Å². The van der Waals surface area contributed by atoms with Crippen LogP contribution in [0.3, 0.4) is 0 Å². The first-order valence-electron chi connectivity index (χ1n) is 6.49. The quantitative estimate of drug-likeness (QED) is 0.773. The first kappa shape index (κ1) is 16.8. The van der Waals surface area contributed by atoms with E-state index >= 15 is 0 Å². The number of rotatable bonds is 8. The molecule has 1 aromatic rings. The summed E-state index contributed by atoms with van der Waals surface area (Å²) in [4.78, 5) is 0. The third-order valence-electron chi connectivity index (χ3n) is 3.08. The third-order valence-corrected chi connectivity index (χ3v) is 3.08. The van der Waals surface area contributed by atoms with E-state index in [4.69, 9.17) is 0 Å². The Balaban J connectivity index is 2.67. The van der Waals surface area contributed by atoms with E-state index in [-0.39, 0.29) is 6.61 Å². The Labute approximate surface area is 116 Å². The number of aliphatic hydroxyl groups is 1. The molecule has 0 spiro atoms. The molecule has 114 valence electrons. The minimum atomic E-state index is -3.05. The summed E-state index contributed by atoms with van der Waals surface area (Å²) in [5.74, 6) is -1.30. The van der Waals surface area contributed by atoms with Gasteiger partial charge in [-0.2, -0.15) is 8.78 Å². The smallest absolute Gasteiger partial charge is 0.387 e. The number of benzene rings is 1. The van der Waals surface area contributed by atoms with Crippen LogP contribution in [0.2, 0.25) is 0 Å². The van der Waals surface area contributed by atoms with Gasteiger partial charge in [-0.15, -0.1) is 0 Å². The molecule has 1 aromatic carbocycles. The summed E-state index contributed by atoms with van der Waals surface area (Å²) < 4.78 is 41.6. The van der Waals surface area contributed by atoms with Gasteiger partial charge in [0, 0.05) is 12.1 Å². The van der Waals surface area contributed by atoms with Crippen molar-refractivity contribution in [3.8, 4) is 5.75 Å². The van der Waals surface area contributed by atoms with Crippen LogP contribution >= 0.6 is 0 Å². The van der Waals surface area contributed by atoms with E-state index < -0.39 is 23.7 Å². The predicted molar refractivity (Wildman–Crippen MR) is 70.3 cm³/mol. The van der Waals surface area contributed by atoms with Gasteiger partial charge in [-0.1, -0.05) is 19.4 Å². The van der Waals surface area contributed by atoms with Gasteiger partial charge in [-0.25, -0.2) is 4.39 Å². The monoisotopic (exact) mass is 291 g/mol. The zero-order valence-electron chi connectivity index (χ0n) is 11.6. The van der Waals surface area contributed by atoms with Crippen LogP contribution in [-0.4, -0.2) is 23.9 Å². The lowest BCUT2D eigenvalue weighted by Gasteiger charge is -2.28. The molecule has 0 fully saturated rings. The topological polar surface area (TPSA) is 41.5 Å². The van der Waals surface area contributed by atoms with E-state index in [0.29, 0.717) is 12.1 Å². The molecular weight excluding hydrogens is 271 g/mol. The second-order valence-corrected chi connectivity index (χ2v) is 4.97. The number of alkyl halides is 2. The van der Waals surface area contributed by atoms with Gasteiger partial charge < -0.3 is 15.2 Å². The molecule has 3 nitrogen and oxygen atoms in total. The summed E-state index contributed by atoms with van der Waals surface area (Å²) in [5.41, 5.74) is 0.156. The average molecular weight is 291 g/mol. The van der Waals surface area contributed by atoms with Crippen molar-refractivity contribution in [2.24, 2.45) is 0 Å². The molecule has 0 aliphatic heterocycles. The Morgan fingerprint density at radius 2 is 2.10 bits per heavy atom. The van der Waals surface area contributed by atoms with E-state index in [2.05, 4.69) is 10.1 Å². The van der Waals surface area contributed by atoms with Gasteiger partial charge >= 0.3 is 6.61 Å². The fourth-order valence-corrected chi connectivity index (χ4v) is 1.94. The molecule has 6 heteroatoms. The average Bonchev–Trinajstić information content (AvgIpc) is 2.39. The lowest BCUT2D eigenvalue weighted by molar-refractivity contribution is -0.0522. The molecular formula is C14H20F3NO2. The van der Waals surface area contributed by atoms with E-state index in [9.17, 15) is 18.3 Å². The molecule has 1 rings (SSSR count). The van der Waals surface area contributed by atoms with Gasteiger partial charge in [0.2, 0.25) is 0 Å². The molecule has 1 atom stereocenters. The predicted octanol–water partition coefficient (Wildman–Crippen LogP) is 3.07. The maximum Gasteiger partial charge on any atom is 0.387 e. The molecule has 0 heterocycles. The van der Waals surface area contributed by atoms with E-state index in [1.165, 1.54) is 12.1 Å². The number of hydrogen-bond acceptors (Lipinski definition) is 3. The van der Waals surface area contributed by atoms with Crippen molar-refractivity contribution in [2.45, 2.75) is 45.4 Å². The van der Waals surface area contributed by atoms with Crippen LogP contribution in [0.5, 0.6) is 5.75 Å². The molecule has 20 heavy (non-hydrogen) atoms. The molecule has 1 unspecified atom stereocenters. The first-order chi connectivity index (χ1) is 9.40. The lowest BCUT2D eigenvalue weighted by Crippen LogP contribution is -2.45. The zero-order valence-corrected chi connectivity index (χ0v) is 11.6. The Morgan fingerprint density at radius 1 is 1.40 bits per heavy atom. The Hall–Kier alpha value is -1.27. The Morgan fingerprint density at radius 3 is 2.60 bits per heavy atom. The molecule has 0 aliphatic rings. The number of hydrogen-bond donors (Lipinski definition) is 2. The molecule has 0 amide bonds. The number of aliphatic hydroxyl groups excluding tert-OH is 1. The highest BCUT2D eigenvalue weighted by molar-refractivity contribution is 5.29. The van der Waals surface area contributed by atoms with Gasteiger partial charge in [0.15, 0.2) is 11.6 Å². The van der Waals surface area contributed by atoms with Crippen molar-refractivity contribution in [1.29, 1.82) is 0 Å². The lowest BCUT2D eigenvalue weighted by atomic mass is 9.97. The van der Waals surface area contributed by atoms with Gasteiger partial charge in [-0.05, 0) is 31.0 Å². The summed E-state index contributed by atoms with van der Waals surface area (Å²) in [6.45, 7) is 1.14. The zero-order chi connectivity index (χ0) is 15.2. The Bertz CT molecular complexity index is 429. The van der Waals surface area contributed by atoms with Gasteiger partial charge in [0.05, 0.1) is 6.61 Å². The minimum absolute atomic E-state index is 0.0318. The molecule has 0 saturated heterocycles. The second-order valence-electron chi connectivity index (χ2n) is 4.97. The van der Waals surface area contributed by atoms with Crippen molar-refractivity contribution in [2.75, 3.05) is 6.61 Å². The van der Waals surface area contributed by atoms with Crippen LogP contribution in [0.15, 0.2) is 18.2 Å². The van der Waals surface area contributed by atoms with Gasteiger partial charge in [-0.3, -0.25) is 0 Å². The fourth-order valence-electron chi connectivity index (χ4n) is 1.94. The van der Waals surface area contributed by atoms with Crippen LogP contribution in [0, 0.1) is 5.82 Å². The SMILES string of the molecule is CCCC(C)(CO)NCc1ccc(OC(F)F)c(F)c1. The fraction of sp³-hybridized carbons (Fsp3) is 0.571. The molecule has 0 radical (unpaired) electrons. The Kier molecular flexibility index (Phi) is 6.29. The third kappa shape index (κ3) is 5.02. The second kappa shape index (κ2) is 7.50. The van der Waals surface area contributed by atoms with Crippen LogP contribution in [0.25, 0.3) is 0 Å². The molecule has 0 saturated carbocycles. The van der Waals surface area contributed by atoms with Crippen LogP contribution in [-0.2, 0) is 6.54 Å². The summed E-state index contributed by atoms with van der Waals surface area (Å²) in [5, 5.41) is 12.5. The molecule has 2 N–H and O–H groups in total. The summed E-state index contributed by atoms with van der Waals surface area (Å²) in [6.07, 6.45) is 1.68. The van der Waals surface area contributed by atoms with Crippen molar-refractivity contribution < 1.29 is 23.0 Å². The maximum absolute atomic E-state index is 13.5. The van der Waals surface area contributed by atoms with Crippen molar-refractivity contribution in [1.82, 2.24) is 5.32 Å². The largest absolute Gasteiger partial charge is 0.432 e.